The van der Waals surface area contributed by atoms with Crippen LogP contribution in [0.25, 0.3) is 0 Å². The summed E-state index contributed by atoms with van der Waals surface area (Å²) >= 11 is 3.37. The third kappa shape index (κ3) is 3.24. The van der Waals surface area contributed by atoms with E-state index in [2.05, 4.69) is 15.9 Å². The average Bonchev–Trinajstić information content (AvgIpc) is 2.97. The molecule has 2 heterocycles. The molecule has 0 N–H and O–H groups in total. The Bertz CT molecular complexity index is 500. The summed E-state index contributed by atoms with van der Waals surface area (Å²) in [7, 11) is 0. The summed E-state index contributed by atoms with van der Waals surface area (Å²) in [6, 6.07) is 7.84. The van der Waals surface area contributed by atoms with Crippen LogP contribution in [0, 0.1) is 0 Å². The van der Waals surface area contributed by atoms with Gasteiger partial charge in [-0.05, 0) is 18.9 Å². The minimum atomic E-state index is -0.138. The largest absolute Gasteiger partial charge is 0.492 e. The van der Waals surface area contributed by atoms with Crippen molar-refractivity contribution in [3.8, 4) is 5.75 Å². The lowest BCUT2D eigenvalue weighted by atomic mass is 9.98. The van der Waals surface area contributed by atoms with E-state index in [9.17, 15) is 4.79 Å². The van der Waals surface area contributed by atoms with Crippen LogP contribution in [-0.2, 0) is 9.53 Å². The Hall–Kier alpha value is -1.07. The minimum absolute atomic E-state index is 0.138. The number of piperidine rings is 1. The van der Waals surface area contributed by atoms with Crippen LogP contribution in [0.2, 0.25) is 0 Å². The molecule has 114 valence electrons. The van der Waals surface area contributed by atoms with E-state index in [0.29, 0.717) is 12.7 Å². The van der Waals surface area contributed by atoms with Gasteiger partial charge in [-0.1, -0.05) is 34.1 Å². The Labute approximate surface area is 133 Å². The summed E-state index contributed by atoms with van der Waals surface area (Å²) < 4.78 is 11.4. The van der Waals surface area contributed by atoms with E-state index in [1.807, 2.05) is 29.2 Å². The maximum absolute atomic E-state index is 12.7. The number of likely N-dealkylation sites (tertiary alicyclic amines) is 1. The zero-order valence-electron chi connectivity index (χ0n) is 12.0. The number of fused-ring (bicyclic) bond motifs is 1. The summed E-state index contributed by atoms with van der Waals surface area (Å²) in [5, 5.41) is 0.863. The first-order valence-electron chi connectivity index (χ1n) is 7.47. The molecule has 1 atom stereocenters. The van der Waals surface area contributed by atoms with Crippen LogP contribution in [0.5, 0.6) is 5.75 Å². The van der Waals surface area contributed by atoms with Crippen LogP contribution in [0.1, 0.15) is 24.3 Å². The fourth-order valence-electron chi connectivity index (χ4n) is 3.04. The topological polar surface area (TPSA) is 38.8 Å². The average molecular weight is 354 g/mol. The van der Waals surface area contributed by atoms with E-state index in [1.165, 1.54) is 0 Å². The number of benzene rings is 1. The van der Waals surface area contributed by atoms with E-state index in [4.69, 9.17) is 9.47 Å². The Balaban J connectivity index is 1.58. The van der Waals surface area contributed by atoms with Crippen LogP contribution in [0.4, 0.5) is 0 Å². The molecule has 1 aromatic rings. The van der Waals surface area contributed by atoms with Gasteiger partial charge in [0.25, 0.3) is 0 Å². The molecule has 0 bridgehead atoms. The van der Waals surface area contributed by atoms with E-state index in [1.54, 1.807) is 0 Å². The van der Waals surface area contributed by atoms with Crippen molar-refractivity contribution in [2.75, 3.05) is 31.6 Å². The van der Waals surface area contributed by atoms with Gasteiger partial charge in [-0.2, -0.15) is 0 Å². The zero-order chi connectivity index (χ0) is 14.7. The molecular formula is C16H20BrNO3. The van der Waals surface area contributed by atoms with Crippen molar-refractivity contribution >= 4 is 21.8 Å². The van der Waals surface area contributed by atoms with Gasteiger partial charge in [-0.25, -0.2) is 0 Å². The van der Waals surface area contributed by atoms with Crippen LogP contribution >= 0.6 is 15.9 Å². The molecule has 4 nitrogen and oxygen atoms in total. The molecule has 2 aliphatic rings. The van der Waals surface area contributed by atoms with Gasteiger partial charge in [0.2, 0.25) is 5.91 Å². The number of carbonyl (C=O) groups excluding carboxylic acids is 1. The monoisotopic (exact) mass is 353 g/mol. The van der Waals surface area contributed by atoms with Crippen molar-refractivity contribution < 1.29 is 14.3 Å². The molecule has 1 unspecified atom stereocenters. The summed E-state index contributed by atoms with van der Waals surface area (Å²) in [6.07, 6.45) is 2.14. The number of ether oxygens (including phenoxy) is 2. The van der Waals surface area contributed by atoms with Gasteiger partial charge in [-0.3, -0.25) is 4.79 Å². The first kappa shape index (κ1) is 14.9. The van der Waals surface area contributed by atoms with Gasteiger partial charge in [0, 0.05) is 24.0 Å². The standard InChI is InChI=1S/C16H20BrNO3/c17-7-10-20-12-5-8-18(9-6-12)16(19)14-11-21-15-4-2-1-3-13(14)15/h1-4,12,14H,5-11H2. The number of hydrogen-bond donors (Lipinski definition) is 0. The fourth-order valence-corrected chi connectivity index (χ4v) is 3.23. The molecule has 1 fully saturated rings. The van der Waals surface area contributed by atoms with Crippen molar-refractivity contribution in [3.05, 3.63) is 29.8 Å². The second kappa shape index (κ2) is 6.79. The van der Waals surface area contributed by atoms with Crippen molar-refractivity contribution in [2.24, 2.45) is 0 Å². The fraction of sp³-hybridized carbons (Fsp3) is 0.562. The predicted octanol–water partition coefficient (Wildman–Crippen LogP) is 2.57. The summed E-state index contributed by atoms with van der Waals surface area (Å²) in [4.78, 5) is 14.6. The third-order valence-corrected chi connectivity index (χ3v) is 4.51. The first-order valence-corrected chi connectivity index (χ1v) is 8.60. The number of carbonyl (C=O) groups is 1. The van der Waals surface area contributed by atoms with Gasteiger partial charge in [-0.15, -0.1) is 0 Å². The van der Waals surface area contributed by atoms with E-state index < -0.39 is 0 Å². The Morgan fingerprint density at radius 1 is 1.33 bits per heavy atom. The molecule has 1 saturated heterocycles. The molecule has 0 radical (unpaired) electrons. The normalized spacial score (nSPS) is 22.0. The summed E-state index contributed by atoms with van der Waals surface area (Å²) in [5.74, 6) is 0.909. The number of para-hydroxylation sites is 1. The molecule has 3 rings (SSSR count). The predicted molar refractivity (Wildman–Crippen MR) is 84.0 cm³/mol. The smallest absolute Gasteiger partial charge is 0.233 e. The number of halogens is 1. The molecule has 1 aromatic carbocycles. The second-order valence-electron chi connectivity index (χ2n) is 5.49. The SMILES string of the molecule is O=C(C1COc2ccccc21)N1CCC(OCCBr)CC1. The highest BCUT2D eigenvalue weighted by Crippen LogP contribution is 2.35. The maximum Gasteiger partial charge on any atom is 0.233 e. The van der Waals surface area contributed by atoms with Crippen molar-refractivity contribution in [1.29, 1.82) is 0 Å². The van der Waals surface area contributed by atoms with Crippen LogP contribution in [-0.4, -0.2) is 48.5 Å². The first-order chi connectivity index (χ1) is 10.3. The zero-order valence-corrected chi connectivity index (χ0v) is 13.5. The Morgan fingerprint density at radius 3 is 2.86 bits per heavy atom. The highest BCUT2D eigenvalue weighted by Gasteiger charge is 2.34. The number of alkyl halides is 1. The Kier molecular flexibility index (Phi) is 4.80. The lowest BCUT2D eigenvalue weighted by Gasteiger charge is -2.33. The molecule has 0 aromatic heterocycles. The van der Waals surface area contributed by atoms with Crippen molar-refractivity contribution in [3.63, 3.8) is 0 Å². The number of hydrogen-bond acceptors (Lipinski definition) is 3. The molecule has 0 aliphatic carbocycles. The molecule has 0 spiro atoms. The summed E-state index contributed by atoms with van der Waals surface area (Å²) in [5.41, 5.74) is 1.03. The highest BCUT2D eigenvalue weighted by atomic mass is 79.9. The lowest BCUT2D eigenvalue weighted by molar-refractivity contribution is -0.135. The van der Waals surface area contributed by atoms with Crippen molar-refractivity contribution in [1.82, 2.24) is 4.90 Å². The third-order valence-electron chi connectivity index (χ3n) is 4.18. The molecule has 1 amide bonds. The van der Waals surface area contributed by atoms with Crippen LogP contribution in [0.15, 0.2) is 24.3 Å². The summed E-state index contributed by atoms with van der Waals surface area (Å²) in [6.45, 7) is 2.77. The molecule has 21 heavy (non-hydrogen) atoms. The molecular weight excluding hydrogens is 334 g/mol. The van der Waals surface area contributed by atoms with Crippen LogP contribution < -0.4 is 4.74 Å². The second-order valence-corrected chi connectivity index (χ2v) is 6.28. The van der Waals surface area contributed by atoms with Crippen LogP contribution in [0.3, 0.4) is 0 Å². The number of amides is 1. The highest BCUT2D eigenvalue weighted by molar-refractivity contribution is 9.09. The van der Waals surface area contributed by atoms with Gasteiger partial charge in [0.05, 0.1) is 12.7 Å². The quantitative estimate of drug-likeness (QED) is 0.781. The molecule has 0 saturated carbocycles. The maximum atomic E-state index is 12.7. The minimum Gasteiger partial charge on any atom is -0.492 e. The van der Waals surface area contributed by atoms with Crippen molar-refractivity contribution in [2.45, 2.75) is 24.9 Å². The molecule has 5 heteroatoms. The van der Waals surface area contributed by atoms with E-state index in [-0.39, 0.29) is 11.8 Å². The van der Waals surface area contributed by atoms with Gasteiger partial charge in [0.15, 0.2) is 0 Å². The van der Waals surface area contributed by atoms with E-state index in [0.717, 1.165) is 49.2 Å². The van der Waals surface area contributed by atoms with E-state index >= 15 is 0 Å². The number of rotatable bonds is 4. The van der Waals surface area contributed by atoms with Gasteiger partial charge in [0.1, 0.15) is 18.3 Å². The van der Waals surface area contributed by atoms with Gasteiger partial charge < -0.3 is 14.4 Å². The van der Waals surface area contributed by atoms with Gasteiger partial charge >= 0.3 is 0 Å². The number of nitrogens with zero attached hydrogens (tertiary/aromatic N) is 1. The Morgan fingerprint density at radius 2 is 2.10 bits per heavy atom. The molecule has 2 aliphatic heterocycles. The lowest BCUT2D eigenvalue weighted by Crippen LogP contribution is -2.43.